The van der Waals surface area contributed by atoms with E-state index in [1.54, 1.807) is 0 Å². The zero-order chi connectivity index (χ0) is 13.7. The van der Waals surface area contributed by atoms with Crippen molar-refractivity contribution in [3.8, 4) is 0 Å². The van der Waals surface area contributed by atoms with Crippen molar-refractivity contribution in [3.05, 3.63) is 0 Å². The molecular weight excluding hydrogens is 259 g/mol. The lowest BCUT2D eigenvalue weighted by molar-refractivity contribution is -0.121. The Morgan fingerprint density at radius 1 is 1.24 bits per heavy atom. The molecule has 0 fully saturated rings. The molecule has 0 aromatic carbocycles. The van der Waals surface area contributed by atoms with Gasteiger partial charge in [-0.15, -0.1) is 0 Å². The van der Waals surface area contributed by atoms with Gasteiger partial charge in [-0.05, 0) is 12.3 Å². The van der Waals surface area contributed by atoms with Crippen LogP contribution in [0.5, 0.6) is 0 Å². The zero-order valence-electron chi connectivity index (χ0n) is 9.71. The summed E-state index contributed by atoms with van der Waals surface area (Å²) in [5, 5.41) is 0. The highest BCUT2D eigenvalue weighted by atomic mass is 32.2. The highest BCUT2D eigenvalue weighted by Gasteiger charge is 2.29. The summed E-state index contributed by atoms with van der Waals surface area (Å²) in [4.78, 5) is 0. The summed E-state index contributed by atoms with van der Waals surface area (Å²) in [5.41, 5.74) is 5.59. The van der Waals surface area contributed by atoms with Crippen LogP contribution >= 0.6 is 0 Å². The van der Waals surface area contributed by atoms with E-state index >= 15 is 0 Å². The van der Waals surface area contributed by atoms with Crippen LogP contribution in [0.4, 0.5) is 13.2 Å². The fourth-order valence-electron chi connectivity index (χ4n) is 1.13. The molecule has 0 saturated heterocycles. The van der Waals surface area contributed by atoms with Crippen LogP contribution < -0.4 is 15.2 Å². The summed E-state index contributed by atoms with van der Waals surface area (Å²) in [7, 11) is -4.15. The molecule has 1 unspecified atom stereocenters. The second-order valence-corrected chi connectivity index (χ2v) is 5.76. The molecule has 0 spiro atoms. The molecule has 104 valence electrons. The van der Waals surface area contributed by atoms with Gasteiger partial charge in [0.15, 0.2) is 0 Å². The number of hydrogen-bond acceptors (Lipinski definition) is 3. The molecule has 0 rings (SSSR count). The number of nitrogens with two attached hydrogens (primary N) is 1. The Kier molecular flexibility index (Phi) is 6.38. The third kappa shape index (κ3) is 10.5. The average Bonchev–Trinajstić information content (AvgIpc) is 2.10. The Morgan fingerprint density at radius 3 is 2.18 bits per heavy atom. The molecule has 0 aromatic rings. The smallest absolute Gasteiger partial charge is 0.327 e. The van der Waals surface area contributed by atoms with E-state index < -0.39 is 29.0 Å². The average molecular weight is 277 g/mol. The maximum atomic E-state index is 11.8. The maximum absolute atomic E-state index is 11.8. The molecule has 0 amide bonds. The standard InChI is InChI=1S/C8H18F3N3O2S/c1-6(2)3-7(12)4-13-17(15,16)14-5-8(9,10)11/h6-7,13-14H,3-5,12H2,1-2H3. The Labute approximate surface area is 99.1 Å². The minimum Gasteiger partial charge on any atom is -0.327 e. The van der Waals surface area contributed by atoms with E-state index in [9.17, 15) is 21.6 Å². The lowest BCUT2D eigenvalue weighted by Crippen LogP contribution is -2.45. The van der Waals surface area contributed by atoms with Crippen LogP contribution in [0, 0.1) is 5.92 Å². The molecule has 0 aliphatic carbocycles. The SMILES string of the molecule is CC(C)CC(N)CNS(=O)(=O)NCC(F)(F)F. The van der Waals surface area contributed by atoms with Crippen LogP contribution in [0.15, 0.2) is 0 Å². The second kappa shape index (κ2) is 6.53. The lowest BCUT2D eigenvalue weighted by Gasteiger charge is -2.15. The molecule has 1 atom stereocenters. The molecule has 0 aliphatic heterocycles. The predicted molar refractivity (Wildman–Crippen MR) is 58.4 cm³/mol. The van der Waals surface area contributed by atoms with Gasteiger partial charge in [0.25, 0.3) is 10.2 Å². The Hall–Kier alpha value is -0.380. The van der Waals surface area contributed by atoms with E-state index in [1.807, 2.05) is 18.6 Å². The van der Waals surface area contributed by atoms with E-state index in [1.165, 1.54) is 4.72 Å². The molecular formula is C8H18F3N3O2S. The normalized spacial score (nSPS) is 15.2. The van der Waals surface area contributed by atoms with Crippen LogP contribution in [0.25, 0.3) is 0 Å². The second-order valence-electron chi connectivity index (χ2n) is 4.18. The molecule has 17 heavy (non-hydrogen) atoms. The Morgan fingerprint density at radius 2 is 1.76 bits per heavy atom. The van der Waals surface area contributed by atoms with Gasteiger partial charge in [0.1, 0.15) is 6.54 Å². The van der Waals surface area contributed by atoms with Crippen molar-refractivity contribution >= 4 is 10.2 Å². The first kappa shape index (κ1) is 16.6. The first-order valence-electron chi connectivity index (χ1n) is 5.08. The van der Waals surface area contributed by atoms with Gasteiger partial charge >= 0.3 is 6.18 Å². The molecule has 0 radical (unpaired) electrons. The largest absolute Gasteiger partial charge is 0.402 e. The van der Waals surface area contributed by atoms with Crippen molar-refractivity contribution in [1.29, 1.82) is 0 Å². The van der Waals surface area contributed by atoms with Crippen LogP contribution in [-0.2, 0) is 10.2 Å². The molecule has 0 heterocycles. The van der Waals surface area contributed by atoms with E-state index in [2.05, 4.69) is 0 Å². The minimum atomic E-state index is -4.57. The summed E-state index contributed by atoms with van der Waals surface area (Å²) in [6.07, 6.45) is -3.99. The third-order valence-corrected chi connectivity index (χ3v) is 2.84. The van der Waals surface area contributed by atoms with Crippen LogP contribution in [0.3, 0.4) is 0 Å². The van der Waals surface area contributed by atoms with Gasteiger partial charge in [-0.3, -0.25) is 0 Å². The van der Waals surface area contributed by atoms with Crippen molar-refractivity contribution in [2.45, 2.75) is 32.5 Å². The van der Waals surface area contributed by atoms with E-state index in [0.29, 0.717) is 6.42 Å². The van der Waals surface area contributed by atoms with Gasteiger partial charge in [0.05, 0.1) is 0 Å². The number of nitrogens with one attached hydrogen (secondary N) is 2. The van der Waals surface area contributed by atoms with E-state index in [4.69, 9.17) is 5.73 Å². The van der Waals surface area contributed by atoms with E-state index in [-0.39, 0.29) is 12.5 Å². The molecule has 9 heteroatoms. The Bertz CT molecular complexity index is 316. The molecule has 0 bridgehead atoms. The first-order chi connectivity index (χ1) is 7.52. The van der Waals surface area contributed by atoms with Crippen LogP contribution in [0.2, 0.25) is 0 Å². The summed E-state index contributed by atoms with van der Waals surface area (Å²) in [6, 6.07) is -0.419. The maximum Gasteiger partial charge on any atom is 0.402 e. The highest BCUT2D eigenvalue weighted by Crippen LogP contribution is 2.12. The highest BCUT2D eigenvalue weighted by molar-refractivity contribution is 7.87. The monoisotopic (exact) mass is 277 g/mol. The quantitative estimate of drug-likeness (QED) is 0.627. The predicted octanol–water partition coefficient (Wildman–Crippen LogP) is 0.346. The summed E-state index contributed by atoms with van der Waals surface area (Å²) < 4.78 is 60.9. The van der Waals surface area contributed by atoms with Gasteiger partial charge in [0.2, 0.25) is 0 Å². The molecule has 0 aromatic heterocycles. The zero-order valence-corrected chi connectivity index (χ0v) is 10.5. The lowest BCUT2D eigenvalue weighted by atomic mass is 10.1. The van der Waals surface area contributed by atoms with Crippen molar-refractivity contribution in [2.75, 3.05) is 13.1 Å². The molecule has 4 N–H and O–H groups in total. The number of rotatable bonds is 7. The Balaban J connectivity index is 4.02. The molecule has 0 aliphatic rings. The van der Waals surface area contributed by atoms with Gasteiger partial charge in [-0.25, -0.2) is 4.72 Å². The van der Waals surface area contributed by atoms with Crippen LogP contribution in [-0.4, -0.2) is 33.7 Å². The molecule has 0 saturated carbocycles. The van der Waals surface area contributed by atoms with Crippen molar-refractivity contribution < 1.29 is 21.6 Å². The third-order valence-electron chi connectivity index (χ3n) is 1.77. The number of alkyl halides is 3. The summed E-state index contributed by atoms with van der Waals surface area (Å²) in [5.74, 6) is 0.289. The van der Waals surface area contributed by atoms with Gasteiger partial charge in [-0.1, -0.05) is 13.8 Å². The minimum absolute atomic E-state index is 0.0919. The molecule has 5 nitrogen and oxygen atoms in total. The van der Waals surface area contributed by atoms with Crippen molar-refractivity contribution in [3.63, 3.8) is 0 Å². The van der Waals surface area contributed by atoms with Crippen molar-refractivity contribution in [2.24, 2.45) is 11.7 Å². The van der Waals surface area contributed by atoms with Crippen LogP contribution in [0.1, 0.15) is 20.3 Å². The van der Waals surface area contributed by atoms with E-state index in [0.717, 1.165) is 0 Å². The number of hydrogen-bond donors (Lipinski definition) is 3. The fraction of sp³-hybridized carbons (Fsp3) is 1.00. The fourth-order valence-corrected chi connectivity index (χ4v) is 2.02. The van der Waals surface area contributed by atoms with Gasteiger partial charge < -0.3 is 5.73 Å². The topological polar surface area (TPSA) is 84.2 Å². The first-order valence-corrected chi connectivity index (χ1v) is 6.57. The van der Waals surface area contributed by atoms with Gasteiger partial charge in [-0.2, -0.15) is 26.3 Å². The number of halogens is 3. The van der Waals surface area contributed by atoms with Crippen molar-refractivity contribution in [1.82, 2.24) is 9.44 Å². The summed E-state index contributed by atoms with van der Waals surface area (Å²) >= 11 is 0. The van der Waals surface area contributed by atoms with Gasteiger partial charge in [0, 0.05) is 12.6 Å². The summed E-state index contributed by atoms with van der Waals surface area (Å²) in [6.45, 7) is 2.14.